The van der Waals surface area contributed by atoms with Crippen LogP contribution in [0.3, 0.4) is 0 Å². The van der Waals surface area contributed by atoms with Gasteiger partial charge in [-0.2, -0.15) is 5.26 Å². The second kappa shape index (κ2) is 5.21. The van der Waals surface area contributed by atoms with Gasteiger partial charge in [0.2, 0.25) is 10.0 Å². The van der Waals surface area contributed by atoms with Gasteiger partial charge in [-0.1, -0.05) is 0 Å². The summed E-state index contributed by atoms with van der Waals surface area (Å²) >= 11 is 0. The van der Waals surface area contributed by atoms with Gasteiger partial charge in [0.15, 0.2) is 0 Å². The van der Waals surface area contributed by atoms with Crippen LogP contribution in [0.1, 0.15) is 5.56 Å². The van der Waals surface area contributed by atoms with Crippen molar-refractivity contribution in [3.05, 3.63) is 48.0 Å². The molecule has 0 heterocycles. The van der Waals surface area contributed by atoms with Gasteiger partial charge < -0.3 is 11.1 Å². The Labute approximate surface area is 116 Å². The lowest BCUT2D eigenvalue weighted by molar-refractivity contribution is 0.598. The van der Waals surface area contributed by atoms with Gasteiger partial charge in [-0.05, 0) is 42.5 Å². The Kier molecular flexibility index (Phi) is 3.61. The average Bonchev–Trinajstić information content (AvgIpc) is 2.41. The highest BCUT2D eigenvalue weighted by Crippen LogP contribution is 2.26. The lowest BCUT2D eigenvalue weighted by Crippen LogP contribution is -2.12. The third-order valence-corrected chi connectivity index (χ3v) is 3.56. The van der Waals surface area contributed by atoms with Crippen molar-refractivity contribution in [2.24, 2.45) is 5.14 Å². The Morgan fingerprint density at radius 1 is 1.10 bits per heavy atom. The van der Waals surface area contributed by atoms with Crippen molar-refractivity contribution in [3.8, 4) is 6.07 Å². The fourth-order valence-electron chi connectivity index (χ4n) is 1.60. The van der Waals surface area contributed by atoms with Gasteiger partial charge in [-0.3, -0.25) is 0 Å². The maximum atomic E-state index is 11.3. The predicted molar refractivity (Wildman–Crippen MR) is 76.7 cm³/mol. The number of nitrogens with zero attached hydrogens (tertiary/aromatic N) is 1. The highest BCUT2D eigenvalue weighted by Gasteiger charge is 2.10. The van der Waals surface area contributed by atoms with Crippen LogP contribution in [0.15, 0.2) is 47.4 Å². The number of anilines is 3. The Balaban J connectivity index is 2.35. The van der Waals surface area contributed by atoms with E-state index >= 15 is 0 Å². The summed E-state index contributed by atoms with van der Waals surface area (Å²) in [7, 11) is -3.78. The molecule has 2 aromatic rings. The quantitative estimate of drug-likeness (QED) is 0.739. The normalized spacial score (nSPS) is 10.8. The Bertz CT molecular complexity index is 777. The van der Waals surface area contributed by atoms with Crippen molar-refractivity contribution >= 4 is 27.1 Å². The molecule has 0 aromatic heterocycles. The van der Waals surface area contributed by atoms with E-state index in [0.717, 1.165) is 0 Å². The number of benzene rings is 2. The summed E-state index contributed by atoms with van der Waals surface area (Å²) in [4.78, 5) is -0.0251. The number of sulfonamides is 1. The summed E-state index contributed by atoms with van der Waals surface area (Å²) in [5.74, 6) is 0. The molecule has 5 N–H and O–H groups in total. The minimum atomic E-state index is -3.78. The largest absolute Gasteiger partial charge is 0.397 e. The van der Waals surface area contributed by atoms with E-state index < -0.39 is 10.0 Å². The first-order chi connectivity index (χ1) is 9.40. The molecule has 0 atom stereocenters. The molecule has 2 rings (SSSR count). The monoisotopic (exact) mass is 288 g/mol. The number of nitrogen functional groups attached to an aromatic ring is 1. The van der Waals surface area contributed by atoms with Crippen LogP contribution in [0.2, 0.25) is 0 Å². The minimum Gasteiger partial charge on any atom is -0.397 e. The van der Waals surface area contributed by atoms with Gasteiger partial charge >= 0.3 is 0 Å². The molecule has 0 aliphatic carbocycles. The smallest absolute Gasteiger partial charge is 0.238 e. The van der Waals surface area contributed by atoms with Crippen LogP contribution in [0, 0.1) is 11.3 Å². The molecule has 2 aromatic carbocycles. The zero-order valence-electron chi connectivity index (χ0n) is 10.4. The summed E-state index contributed by atoms with van der Waals surface area (Å²) in [6.45, 7) is 0. The van der Waals surface area contributed by atoms with E-state index in [4.69, 9.17) is 16.1 Å². The van der Waals surface area contributed by atoms with Gasteiger partial charge in [0.1, 0.15) is 0 Å². The van der Waals surface area contributed by atoms with Crippen molar-refractivity contribution in [1.29, 1.82) is 5.26 Å². The first kappa shape index (κ1) is 13.9. The third-order valence-electron chi connectivity index (χ3n) is 2.65. The number of hydrogen-bond acceptors (Lipinski definition) is 5. The minimum absolute atomic E-state index is 0.0251. The standard InChI is InChI=1S/C13H12N4O2S/c14-8-9-1-3-10(4-2-9)17-13-7-11(20(16,18)19)5-6-12(13)15/h1-7,17H,15H2,(H2,16,18,19). The van der Waals surface area contributed by atoms with E-state index in [1.165, 1.54) is 18.2 Å². The van der Waals surface area contributed by atoms with Crippen molar-refractivity contribution in [2.75, 3.05) is 11.1 Å². The average molecular weight is 288 g/mol. The molecule has 0 unspecified atom stereocenters. The van der Waals surface area contributed by atoms with Crippen molar-refractivity contribution in [2.45, 2.75) is 4.90 Å². The molecule has 7 heteroatoms. The molecular formula is C13H12N4O2S. The molecule has 0 aliphatic heterocycles. The summed E-state index contributed by atoms with van der Waals surface area (Å²) < 4.78 is 22.6. The summed E-state index contributed by atoms with van der Waals surface area (Å²) in [5, 5.41) is 16.8. The van der Waals surface area contributed by atoms with E-state index in [9.17, 15) is 8.42 Å². The van der Waals surface area contributed by atoms with E-state index in [-0.39, 0.29) is 4.90 Å². The summed E-state index contributed by atoms with van der Waals surface area (Å²) in [6, 6.07) is 12.9. The molecule has 0 fully saturated rings. The van der Waals surface area contributed by atoms with E-state index in [2.05, 4.69) is 5.32 Å². The summed E-state index contributed by atoms with van der Waals surface area (Å²) in [6.07, 6.45) is 0. The van der Waals surface area contributed by atoms with Gasteiger partial charge in [-0.15, -0.1) is 0 Å². The van der Waals surface area contributed by atoms with Gasteiger partial charge in [0.25, 0.3) is 0 Å². The second-order valence-corrected chi connectivity index (χ2v) is 5.67. The fraction of sp³-hybridized carbons (Fsp3) is 0. The van der Waals surface area contributed by atoms with E-state index in [1.807, 2.05) is 6.07 Å². The molecule has 0 radical (unpaired) electrons. The Hall–Kier alpha value is -2.56. The number of nitriles is 1. The van der Waals surface area contributed by atoms with Crippen LogP contribution >= 0.6 is 0 Å². The van der Waals surface area contributed by atoms with Crippen molar-refractivity contribution < 1.29 is 8.42 Å². The van der Waals surface area contributed by atoms with E-state index in [0.29, 0.717) is 22.6 Å². The first-order valence-corrected chi connectivity index (χ1v) is 7.14. The number of nitrogens with two attached hydrogens (primary N) is 2. The van der Waals surface area contributed by atoms with Crippen LogP contribution in [-0.4, -0.2) is 8.42 Å². The highest BCUT2D eigenvalue weighted by atomic mass is 32.2. The molecular weight excluding hydrogens is 276 g/mol. The molecule has 20 heavy (non-hydrogen) atoms. The first-order valence-electron chi connectivity index (χ1n) is 5.59. The molecule has 6 nitrogen and oxygen atoms in total. The fourth-order valence-corrected chi connectivity index (χ4v) is 2.14. The predicted octanol–water partition coefficient (Wildman–Crippen LogP) is 1.53. The second-order valence-electron chi connectivity index (χ2n) is 4.11. The molecule has 0 bridgehead atoms. The number of hydrogen-bond donors (Lipinski definition) is 3. The number of primary sulfonamides is 1. The Morgan fingerprint density at radius 3 is 2.30 bits per heavy atom. The SMILES string of the molecule is N#Cc1ccc(Nc2cc(S(N)(=O)=O)ccc2N)cc1. The third kappa shape index (κ3) is 3.06. The number of rotatable bonds is 3. The maximum absolute atomic E-state index is 11.3. The summed E-state index contributed by atoms with van der Waals surface area (Å²) in [5.41, 5.74) is 7.82. The lowest BCUT2D eigenvalue weighted by Gasteiger charge is -2.10. The van der Waals surface area contributed by atoms with Crippen LogP contribution in [-0.2, 0) is 10.0 Å². The van der Waals surface area contributed by atoms with Crippen LogP contribution in [0.5, 0.6) is 0 Å². The van der Waals surface area contributed by atoms with E-state index in [1.54, 1.807) is 24.3 Å². The van der Waals surface area contributed by atoms with Gasteiger partial charge in [-0.25, -0.2) is 13.6 Å². The molecule has 0 saturated heterocycles. The zero-order valence-corrected chi connectivity index (χ0v) is 11.2. The molecule has 0 aliphatic rings. The topological polar surface area (TPSA) is 122 Å². The molecule has 0 amide bonds. The zero-order chi connectivity index (χ0) is 14.8. The molecule has 102 valence electrons. The molecule has 0 spiro atoms. The van der Waals surface area contributed by atoms with Crippen molar-refractivity contribution in [1.82, 2.24) is 0 Å². The van der Waals surface area contributed by atoms with Crippen molar-refractivity contribution in [3.63, 3.8) is 0 Å². The van der Waals surface area contributed by atoms with Crippen LogP contribution in [0.4, 0.5) is 17.1 Å². The van der Waals surface area contributed by atoms with Gasteiger partial charge in [0, 0.05) is 5.69 Å². The van der Waals surface area contributed by atoms with Gasteiger partial charge in [0.05, 0.1) is 27.9 Å². The lowest BCUT2D eigenvalue weighted by atomic mass is 10.2. The maximum Gasteiger partial charge on any atom is 0.238 e. The highest BCUT2D eigenvalue weighted by molar-refractivity contribution is 7.89. The van der Waals surface area contributed by atoms with Crippen LogP contribution < -0.4 is 16.2 Å². The van der Waals surface area contributed by atoms with Crippen LogP contribution in [0.25, 0.3) is 0 Å². The number of nitrogens with one attached hydrogen (secondary N) is 1. The Morgan fingerprint density at radius 2 is 1.75 bits per heavy atom. The molecule has 0 saturated carbocycles.